The second kappa shape index (κ2) is 4.61. The van der Waals surface area contributed by atoms with E-state index in [1.165, 1.54) is 7.05 Å². The van der Waals surface area contributed by atoms with E-state index in [4.69, 9.17) is 5.26 Å². The van der Waals surface area contributed by atoms with Gasteiger partial charge in [-0.3, -0.25) is 0 Å². The monoisotopic (exact) mass is 308 g/mol. The molecule has 0 aromatic carbocycles. The largest absolute Gasteiger partial charge is 0.253 e. The van der Waals surface area contributed by atoms with Gasteiger partial charge in [0.25, 0.3) is 10.0 Å². The highest BCUT2D eigenvalue weighted by Crippen LogP contribution is 2.31. The van der Waals surface area contributed by atoms with E-state index in [0.29, 0.717) is 0 Å². The summed E-state index contributed by atoms with van der Waals surface area (Å²) < 4.78 is 25.8. The van der Waals surface area contributed by atoms with E-state index in [1.54, 1.807) is 12.1 Å². The molecule has 0 spiro atoms. The quantitative estimate of drug-likeness (QED) is 0.802. The number of aryl methyl sites for hydroxylation is 1. The number of nitriles is 1. The molecule has 0 unspecified atom stereocenters. The highest BCUT2D eigenvalue weighted by molar-refractivity contribution is 9.11. The van der Waals surface area contributed by atoms with Crippen molar-refractivity contribution in [3.05, 3.63) is 15.4 Å². The fourth-order valence-electron chi connectivity index (χ4n) is 0.897. The van der Waals surface area contributed by atoms with Gasteiger partial charge in [0, 0.05) is 7.05 Å². The van der Waals surface area contributed by atoms with Crippen molar-refractivity contribution >= 4 is 37.3 Å². The summed E-state index contributed by atoms with van der Waals surface area (Å²) in [5.74, 6) is 0. The van der Waals surface area contributed by atoms with Crippen LogP contribution in [0.1, 0.15) is 5.56 Å². The molecule has 0 saturated carbocycles. The minimum atomic E-state index is -3.50. The molecule has 0 amide bonds. The molecule has 1 rings (SSSR count). The summed E-state index contributed by atoms with van der Waals surface area (Å²) in [6, 6.07) is 3.40. The molecule has 0 radical (unpaired) electrons. The smallest absolute Gasteiger partial charge is 0.206 e. The van der Waals surface area contributed by atoms with Crippen LogP contribution >= 0.6 is 27.3 Å². The van der Waals surface area contributed by atoms with Gasteiger partial charge in [-0.05, 0) is 34.5 Å². The molecule has 1 aromatic heterocycles. The van der Waals surface area contributed by atoms with Crippen LogP contribution < -0.4 is 0 Å². The maximum Gasteiger partial charge on any atom is 0.253 e. The summed E-state index contributed by atoms with van der Waals surface area (Å²) in [6.07, 6.45) is 0. The van der Waals surface area contributed by atoms with Crippen LogP contribution in [-0.4, -0.2) is 26.3 Å². The van der Waals surface area contributed by atoms with Crippen LogP contribution in [0, 0.1) is 18.3 Å². The lowest BCUT2D eigenvalue weighted by molar-refractivity contribution is 0.504. The number of nitrogens with zero attached hydrogens (tertiary/aromatic N) is 2. The topological polar surface area (TPSA) is 61.2 Å². The normalized spacial score (nSPS) is 11.7. The zero-order valence-electron chi connectivity index (χ0n) is 8.19. The Kier molecular flexibility index (Phi) is 3.89. The highest BCUT2D eigenvalue weighted by Gasteiger charge is 2.23. The van der Waals surface area contributed by atoms with Crippen molar-refractivity contribution in [1.29, 1.82) is 5.26 Å². The molecule has 0 saturated heterocycles. The third-order valence-electron chi connectivity index (χ3n) is 1.79. The van der Waals surface area contributed by atoms with E-state index >= 15 is 0 Å². The van der Waals surface area contributed by atoms with Crippen LogP contribution in [0.4, 0.5) is 0 Å². The van der Waals surface area contributed by atoms with Gasteiger partial charge in [-0.2, -0.15) is 9.57 Å². The molecule has 0 aliphatic carbocycles. The molecule has 1 aromatic rings. The van der Waals surface area contributed by atoms with E-state index in [1.807, 2.05) is 6.92 Å². The summed E-state index contributed by atoms with van der Waals surface area (Å²) in [7, 11) is -2.11. The summed E-state index contributed by atoms with van der Waals surface area (Å²) in [5.41, 5.74) is 0.879. The molecule has 0 fully saturated rings. The first-order chi connectivity index (χ1) is 6.89. The first-order valence-electron chi connectivity index (χ1n) is 3.99. The van der Waals surface area contributed by atoms with Gasteiger partial charge in [0.15, 0.2) is 0 Å². The maximum absolute atomic E-state index is 11.9. The molecule has 1 heterocycles. The van der Waals surface area contributed by atoms with Crippen molar-refractivity contribution in [2.75, 3.05) is 13.6 Å². The van der Waals surface area contributed by atoms with Gasteiger partial charge in [0.2, 0.25) is 0 Å². The number of halogens is 1. The van der Waals surface area contributed by atoms with Gasteiger partial charge in [0.05, 0.1) is 9.86 Å². The summed E-state index contributed by atoms with van der Waals surface area (Å²) in [5, 5.41) is 8.44. The molecule has 0 N–H and O–H groups in total. The number of rotatable bonds is 3. The Hall–Kier alpha value is -0.420. The minimum Gasteiger partial charge on any atom is -0.206 e. The number of thiophene rings is 1. The van der Waals surface area contributed by atoms with E-state index < -0.39 is 10.0 Å². The first kappa shape index (κ1) is 12.6. The fraction of sp³-hybridized carbons (Fsp3) is 0.375. The Morgan fingerprint density at radius 3 is 2.67 bits per heavy atom. The predicted molar refractivity (Wildman–Crippen MR) is 62.2 cm³/mol. The second-order valence-electron chi connectivity index (χ2n) is 2.94. The molecule has 4 nitrogen and oxygen atoms in total. The number of hydrogen-bond donors (Lipinski definition) is 0. The number of sulfonamides is 1. The molecule has 15 heavy (non-hydrogen) atoms. The maximum atomic E-state index is 11.9. The van der Waals surface area contributed by atoms with Gasteiger partial charge in [0.1, 0.15) is 10.8 Å². The number of hydrogen-bond acceptors (Lipinski definition) is 4. The lowest BCUT2D eigenvalue weighted by Crippen LogP contribution is -2.26. The first-order valence-corrected chi connectivity index (χ1v) is 7.03. The molecule has 0 bridgehead atoms. The van der Waals surface area contributed by atoms with Crippen molar-refractivity contribution in [3.63, 3.8) is 0 Å². The van der Waals surface area contributed by atoms with Gasteiger partial charge in [-0.15, -0.1) is 11.3 Å². The van der Waals surface area contributed by atoms with E-state index in [-0.39, 0.29) is 10.8 Å². The van der Waals surface area contributed by atoms with Crippen LogP contribution in [0.5, 0.6) is 0 Å². The Bertz CT molecular complexity index is 482. The predicted octanol–water partition coefficient (Wildman–Crippen LogP) is 1.96. The summed E-state index contributed by atoms with van der Waals surface area (Å²) in [4.78, 5) is 0. The van der Waals surface area contributed by atoms with E-state index in [2.05, 4.69) is 15.9 Å². The average molecular weight is 309 g/mol. The van der Waals surface area contributed by atoms with Gasteiger partial charge in [-0.25, -0.2) is 8.42 Å². The van der Waals surface area contributed by atoms with Crippen LogP contribution in [0.15, 0.2) is 14.1 Å². The Balaban J connectivity index is 3.13. The van der Waals surface area contributed by atoms with Crippen molar-refractivity contribution in [2.45, 2.75) is 11.1 Å². The zero-order valence-corrected chi connectivity index (χ0v) is 11.4. The molecule has 7 heteroatoms. The van der Waals surface area contributed by atoms with Crippen LogP contribution in [0.3, 0.4) is 0 Å². The van der Waals surface area contributed by atoms with Gasteiger partial charge < -0.3 is 0 Å². The Morgan fingerprint density at radius 2 is 2.27 bits per heavy atom. The lowest BCUT2D eigenvalue weighted by Gasteiger charge is -2.11. The lowest BCUT2D eigenvalue weighted by atomic mass is 10.4. The molecular formula is C8H9BrN2O2S2. The fourth-order valence-corrected chi connectivity index (χ4v) is 4.40. The highest BCUT2D eigenvalue weighted by atomic mass is 79.9. The minimum absolute atomic E-state index is 0.142. The summed E-state index contributed by atoms with van der Waals surface area (Å²) >= 11 is 4.42. The standard InChI is InChI=1S/C8H9BrN2O2S2/c1-6-5-7(14-8(6)9)15(12,13)11(2)4-3-10/h5H,4H2,1-2H3. The van der Waals surface area contributed by atoms with Crippen molar-refractivity contribution in [2.24, 2.45) is 0 Å². The molecule has 0 aliphatic heterocycles. The average Bonchev–Trinajstić information content (AvgIpc) is 2.48. The SMILES string of the molecule is Cc1cc(S(=O)(=O)N(C)CC#N)sc1Br. The van der Waals surface area contributed by atoms with Crippen LogP contribution in [-0.2, 0) is 10.0 Å². The summed E-state index contributed by atoms with van der Waals surface area (Å²) in [6.45, 7) is 1.68. The van der Waals surface area contributed by atoms with Crippen molar-refractivity contribution in [1.82, 2.24) is 4.31 Å². The van der Waals surface area contributed by atoms with Gasteiger partial charge >= 0.3 is 0 Å². The van der Waals surface area contributed by atoms with Crippen molar-refractivity contribution < 1.29 is 8.42 Å². The molecular weight excluding hydrogens is 300 g/mol. The third kappa shape index (κ3) is 2.58. The van der Waals surface area contributed by atoms with Gasteiger partial charge in [-0.1, -0.05) is 0 Å². The second-order valence-corrected chi connectivity index (χ2v) is 7.58. The van der Waals surface area contributed by atoms with Crippen molar-refractivity contribution in [3.8, 4) is 6.07 Å². The third-order valence-corrected chi connectivity index (χ3v) is 6.18. The van der Waals surface area contributed by atoms with Crippen LogP contribution in [0.2, 0.25) is 0 Å². The van der Waals surface area contributed by atoms with E-state index in [9.17, 15) is 8.42 Å². The molecule has 0 aliphatic rings. The van der Waals surface area contributed by atoms with E-state index in [0.717, 1.165) is 25.0 Å². The zero-order chi connectivity index (χ0) is 11.6. The van der Waals surface area contributed by atoms with Crippen LogP contribution in [0.25, 0.3) is 0 Å². The Labute approximate surface area is 101 Å². The Morgan fingerprint density at radius 1 is 1.67 bits per heavy atom. The molecule has 82 valence electrons. The molecule has 0 atom stereocenters.